The summed E-state index contributed by atoms with van der Waals surface area (Å²) in [5, 5.41) is 1.94. The van der Waals surface area contributed by atoms with Crippen LogP contribution in [-0.2, 0) is 4.74 Å². The van der Waals surface area contributed by atoms with Gasteiger partial charge in [-0.3, -0.25) is 0 Å². The van der Waals surface area contributed by atoms with Crippen LogP contribution in [0.2, 0.25) is 0 Å². The van der Waals surface area contributed by atoms with Crippen LogP contribution < -0.4 is 34.1 Å². The van der Waals surface area contributed by atoms with Gasteiger partial charge in [-0.1, -0.05) is 25.1 Å². The first-order chi connectivity index (χ1) is 23.0. The maximum atomic E-state index is 6.74. The molecule has 0 amide bonds. The largest absolute Gasteiger partial charge is 0.498 e. The molecule has 4 aromatic rings. The molecule has 1 atom stereocenters. The third kappa shape index (κ3) is 5.73. The van der Waals surface area contributed by atoms with Crippen LogP contribution in [0.1, 0.15) is 57.7 Å². The Bertz CT molecular complexity index is 2020. The summed E-state index contributed by atoms with van der Waals surface area (Å²) in [6.45, 7) is 12.6. The lowest BCUT2D eigenvalue weighted by atomic mass is 9.84. The zero-order valence-electron chi connectivity index (χ0n) is 27.6. The highest BCUT2D eigenvalue weighted by molar-refractivity contribution is 5.89. The molecule has 0 radical (unpaired) electrons. The monoisotopic (exact) mass is 628 g/mol. The minimum Gasteiger partial charge on any atom is -0.498 e. The molecule has 0 N–H and O–H groups in total. The summed E-state index contributed by atoms with van der Waals surface area (Å²) in [5.74, 6) is 6.70. The van der Waals surface area contributed by atoms with E-state index >= 15 is 0 Å². The predicted molar refractivity (Wildman–Crippen MR) is 184 cm³/mol. The fourth-order valence-corrected chi connectivity index (χ4v) is 6.68. The van der Waals surface area contributed by atoms with E-state index < -0.39 is 0 Å². The first-order valence-corrected chi connectivity index (χ1v) is 16.6. The van der Waals surface area contributed by atoms with Crippen LogP contribution in [0.5, 0.6) is 40.2 Å². The molecule has 0 bridgehead atoms. The highest BCUT2D eigenvalue weighted by Crippen LogP contribution is 2.44. The standard InChI is InChI=1S/C41H40O6/c1-6-42-28-13-10-26(11-14-28)40-31-17-15-29(43-7-2)21-36(31)46-38-24-34-39(23-33(38)40)47-37-22-30(44-8-3)16-18-32(37)41(34)27-12-19-35(45-9-4)25(5)20-27/h10-19,21-25H,6-9,20H2,1-5H3. The van der Waals surface area contributed by atoms with Crippen LogP contribution >= 0.6 is 0 Å². The Morgan fingerprint density at radius 1 is 0.553 bits per heavy atom. The van der Waals surface area contributed by atoms with Gasteiger partial charge in [-0.05, 0) is 105 Å². The van der Waals surface area contributed by atoms with E-state index in [1.807, 2.05) is 64.1 Å². The van der Waals surface area contributed by atoms with E-state index in [1.165, 1.54) is 5.57 Å². The summed E-state index contributed by atoms with van der Waals surface area (Å²) in [6, 6.07) is 24.7. The maximum absolute atomic E-state index is 6.74. The molecule has 0 saturated carbocycles. The fourth-order valence-electron chi connectivity index (χ4n) is 6.68. The Labute approximate surface area is 276 Å². The average Bonchev–Trinajstić information content (AvgIpc) is 3.07. The lowest BCUT2D eigenvalue weighted by Crippen LogP contribution is -2.25. The van der Waals surface area contributed by atoms with E-state index in [1.54, 1.807) is 0 Å². The average molecular weight is 629 g/mol. The molecule has 0 spiro atoms. The van der Waals surface area contributed by atoms with Crippen LogP contribution in [0.3, 0.4) is 0 Å². The molecule has 0 saturated heterocycles. The van der Waals surface area contributed by atoms with Crippen LogP contribution in [0.4, 0.5) is 0 Å². The molecular formula is C41H40O6. The summed E-state index contributed by atoms with van der Waals surface area (Å²) >= 11 is 0. The van der Waals surface area contributed by atoms with Gasteiger partial charge in [0.1, 0.15) is 40.2 Å². The minimum absolute atomic E-state index is 0.247. The van der Waals surface area contributed by atoms with E-state index in [-0.39, 0.29) is 5.92 Å². The Balaban J connectivity index is 1.50. The zero-order valence-corrected chi connectivity index (χ0v) is 27.6. The summed E-state index contributed by atoms with van der Waals surface area (Å²) < 4.78 is 36.9. The van der Waals surface area contributed by atoms with Gasteiger partial charge in [0.05, 0.1) is 32.2 Å². The molecule has 47 heavy (non-hydrogen) atoms. The second-order valence-electron chi connectivity index (χ2n) is 11.7. The van der Waals surface area contributed by atoms with E-state index in [9.17, 15) is 0 Å². The van der Waals surface area contributed by atoms with E-state index in [2.05, 4.69) is 55.5 Å². The van der Waals surface area contributed by atoms with Crippen molar-refractivity contribution in [3.63, 3.8) is 0 Å². The van der Waals surface area contributed by atoms with Gasteiger partial charge in [0.2, 0.25) is 0 Å². The normalized spacial score (nSPS) is 15.9. The minimum atomic E-state index is 0.247. The number of hydrogen-bond acceptors (Lipinski definition) is 6. The number of allylic oxidation sites excluding steroid dienone is 4. The lowest BCUT2D eigenvalue weighted by molar-refractivity contribution is 0.194. The third-order valence-electron chi connectivity index (χ3n) is 8.67. The first kappa shape index (κ1) is 30.5. The van der Waals surface area contributed by atoms with Gasteiger partial charge in [-0.25, -0.2) is 0 Å². The highest BCUT2D eigenvalue weighted by atomic mass is 16.5. The van der Waals surface area contributed by atoms with Crippen LogP contribution in [0, 0.1) is 5.92 Å². The Kier molecular flexibility index (Phi) is 8.42. The van der Waals surface area contributed by atoms with Crippen molar-refractivity contribution in [2.24, 2.45) is 5.92 Å². The lowest BCUT2D eigenvalue weighted by Gasteiger charge is -2.28. The topological polar surface area (TPSA) is 55.4 Å². The van der Waals surface area contributed by atoms with Crippen molar-refractivity contribution in [2.75, 3.05) is 26.4 Å². The quantitative estimate of drug-likeness (QED) is 0.155. The second kappa shape index (κ2) is 13.0. The maximum Gasteiger partial charge on any atom is 0.139 e. The number of hydrogen-bond donors (Lipinski definition) is 0. The summed E-state index contributed by atoms with van der Waals surface area (Å²) in [7, 11) is 0. The predicted octanol–water partition coefficient (Wildman–Crippen LogP) is 8.43. The number of fused-ring (bicyclic) bond motifs is 4. The van der Waals surface area contributed by atoms with E-state index in [0.29, 0.717) is 26.4 Å². The summed E-state index contributed by atoms with van der Waals surface area (Å²) in [6.07, 6.45) is 5.15. The fraction of sp³-hybridized carbons (Fsp3) is 0.268. The highest BCUT2D eigenvalue weighted by Gasteiger charge is 2.29. The Morgan fingerprint density at radius 3 is 1.62 bits per heavy atom. The van der Waals surface area contributed by atoms with E-state index in [0.717, 1.165) is 90.7 Å². The van der Waals surface area contributed by atoms with Crippen molar-refractivity contribution in [2.45, 2.75) is 41.0 Å². The molecule has 0 fully saturated rings. The van der Waals surface area contributed by atoms with Crippen molar-refractivity contribution in [1.29, 1.82) is 0 Å². The van der Waals surface area contributed by atoms with Crippen molar-refractivity contribution >= 4 is 11.1 Å². The molecule has 1 unspecified atom stereocenters. The van der Waals surface area contributed by atoms with Gasteiger partial charge in [-0.15, -0.1) is 0 Å². The van der Waals surface area contributed by atoms with Crippen molar-refractivity contribution in [1.82, 2.24) is 0 Å². The first-order valence-electron chi connectivity index (χ1n) is 16.6. The SMILES string of the molecule is CCOC1=CC=C(C2=c3cc4c(cc3Oc3cc(OCC)ccc32)=C(c2ccc(OCC)cc2)c2ccc(OCC)cc2O4)CC1C. The Morgan fingerprint density at radius 2 is 1.06 bits per heavy atom. The summed E-state index contributed by atoms with van der Waals surface area (Å²) in [5.41, 5.74) is 6.48. The molecule has 7 rings (SSSR count). The van der Waals surface area contributed by atoms with E-state index in [4.69, 9.17) is 28.4 Å². The van der Waals surface area contributed by atoms with Gasteiger partial charge in [0.15, 0.2) is 0 Å². The molecule has 2 aliphatic heterocycles. The van der Waals surface area contributed by atoms with Gasteiger partial charge in [-0.2, -0.15) is 0 Å². The molecule has 3 aliphatic rings. The zero-order chi connectivity index (χ0) is 32.5. The molecule has 6 heteroatoms. The van der Waals surface area contributed by atoms with Gasteiger partial charge >= 0.3 is 0 Å². The third-order valence-corrected chi connectivity index (χ3v) is 8.67. The molecule has 1 aliphatic carbocycles. The Hall–Kier alpha value is -5.10. The smallest absolute Gasteiger partial charge is 0.139 e. The molecule has 4 aromatic carbocycles. The van der Waals surface area contributed by atoms with Gasteiger partial charge < -0.3 is 28.4 Å². The summed E-state index contributed by atoms with van der Waals surface area (Å²) in [4.78, 5) is 0. The number of rotatable bonds is 10. The van der Waals surface area contributed by atoms with Crippen molar-refractivity contribution in [3.8, 4) is 40.2 Å². The van der Waals surface area contributed by atoms with Crippen LogP contribution in [0.25, 0.3) is 11.1 Å². The van der Waals surface area contributed by atoms with Gasteiger partial charge in [0, 0.05) is 45.2 Å². The molecule has 0 aromatic heterocycles. The number of ether oxygens (including phenoxy) is 6. The second-order valence-corrected chi connectivity index (χ2v) is 11.7. The molecule has 6 nitrogen and oxygen atoms in total. The molecular weight excluding hydrogens is 588 g/mol. The van der Waals surface area contributed by atoms with Gasteiger partial charge in [0.25, 0.3) is 0 Å². The van der Waals surface area contributed by atoms with Crippen LogP contribution in [-0.4, -0.2) is 26.4 Å². The van der Waals surface area contributed by atoms with Crippen LogP contribution in [0.15, 0.2) is 96.3 Å². The molecule has 240 valence electrons. The van der Waals surface area contributed by atoms with Crippen molar-refractivity contribution < 1.29 is 28.4 Å². The molecule has 2 heterocycles. The number of benzene rings is 4. The van der Waals surface area contributed by atoms with Crippen molar-refractivity contribution in [3.05, 3.63) is 123 Å².